The van der Waals surface area contributed by atoms with Gasteiger partial charge in [-0.1, -0.05) is 12.1 Å². The highest BCUT2D eigenvalue weighted by molar-refractivity contribution is 5.95. The van der Waals surface area contributed by atoms with Crippen molar-refractivity contribution in [2.45, 2.75) is 26.3 Å². The summed E-state index contributed by atoms with van der Waals surface area (Å²) < 4.78 is 5.50. The molecule has 2 fully saturated rings. The van der Waals surface area contributed by atoms with Crippen LogP contribution in [0.3, 0.4) is 0 Å². The molecule has 198 valence electrons. The van der Waals surface area contributed by atoms with Gasteiger partial charge in [0, 0.05) is 55.2 Å². The molecule has 2 amide bonds. The molecule has 0 radical (unpaired) electrons. The van der Waals surface area contributed by atoms with E-state index in [9.17, 15) is 9.59 Å². The molecule has 2 aliphatic heterocycles. The molecule has 1 atom stereocenters. The number of para-hydroxylation sites is 2. The summed E-state index contributed by atoms with van der Waals surface area (Å²) >= 11 is 0. The van der Waals surface area contributed by atoms with E-state index in [1.165, 1.54) is 6.92 Å². The summed E-state index contributed by atoms with van der Waals surface area (Å²) in [5.74, 6) is 1.26. The van der Waals surface area contributed by atoms with Crippen LogP contribution < -0.4 is 20.9 Å². The number of carbonyl (C=O) groups is 2. The molecule has 38 heavy (non-hydrogen) atoms. The first-order valence-corrected chi connectivity index (χ1v) is 12.9. The lowest BCUT2D eigenvalue weighted by Gasteiger charge is -2.30. The Balaban J connectivity index is 1.21. The van der Waals surface area contributed by atoms with Crippen molar-refractivity contribution in [3.05, 3.63) is 65.9 Å². The Labute approximate surface area is 222 Å². The largest absolute Gasteiger partial charge is 0.378 e. The van der Waals surface area contributed by atoms with Crippen LogP contribution in [0.15, 0.2) is 54.7 Å². The normalized spacial score (nSPS) is 17.3. The topological polar surface area (TPSA) is 112 Å². The minimum atomic E-state index is -0.161. The Morgan fingerprint density at radius 2 is 1.79 bits per heavy atom. The van der Waals surface area contributed by atoms with E-state index in [2.05, 4.69) is 31.9 Å². The minimum absolute atomic E-state index is 0.00369. The summed E-state index contributed by atoms with van der Waals surface area (Å²) in [5.41, 5.74) is 4.26. The summed E-state index contributed by atoms with van der Waals surface area (Å²) in [5, 5.41) is 9.81. The first-order valence-electron chi connectivity index (χ1n) is 12.9. The van der Waals surface area contributed by atoms with Gasteiger partial charge in [0.1, 0.15) is 5.82 Å². The van der Waals surface area contributed by atoms with Gasteiger partial charge in [-0.25, -0.2) is 9.78 Å². The first-order chi connectivity index (χ1) is 18.5. The third-order valence-corrected chi connectivity index (χ3v) is 6.83. The molecule has 2 aliphatic rings. The van der Waals surface area contributed by atoms with E-state index in [0.29, 0.717) is 43.5 Å². The van der Waals surface area contributed by atoms with Gasteiger partial charge in [0.15, 0.2) is 5.78 Å². The Bertz CT molecular complexity index is 1290. The van der Waals surface area contributed by atoms with Crippen LogP contribution in [-0.4, -0.2) is 72.1 Å². The summed E-state index contributed by atoms with van der Waals surface area (Å²) in [6.45, 7) is 7.80. The van der Waals surface area contributed by atoms with E-state index in [4.69, 9.17) is 9.72 Å². The fraction of sp³-hybridized carbons (Fsp3) is 0.357. The number of aromatic nitrogens is 2. The molecule has 10 heteroatoms. The Kier molecular flexibility index (Phi) is 7.69. The Morgan fingerprint density at radius 1 is 1.03 bits per heavy atom. The zero-order chi connectivity index (χ0) is 26.5. The number of ketones is 1. The number of nitrogens with one attached hydrogen (secondary N) is 3. The molecule has 0 saturated carbocycles. The second-order valence-electron chi connectivity index (χ2n) is 9.61. The smallest absolute Gasteiger partial charge is 0.321 e. The number of nitrogens with zero attached hydrogens (tertiary/aromatic N) is 4. The number of carbonyl (C=O) groups excluding carboxylic acids is 2. The number of aryl methyl sites for hydroxylation is 1. The van der Waals surface area contributed by atoms with Crippen LogP contribution in [0.5, 0.6) is 0 Å². The van der Waals surface area contributed by atoms with Gasteiger partial charge in [-0.05, 0) is 56.7 Å². The highest BCUT2D eigenvalue weighted by Crippen LogP contribution is 2.29. The van der Waals surface area contributed by atoms with E-state index in [1.807, 2.05) is 25.1 Å². The second-order valence-corrected chi connectivity index (χ2v) is 9.61. The van der Waals surface area contributed by atoms with Crippen LogP contribution in [0.4, 0.5) is 33.6 Å². The molecule has 1 unspecified atom stereocenters. The molecule has 10 nitrogen and oxygen atoms in total. The van der Waals surface area contributed by atoms with Gasteiger partial charge in [-0.15, -0.1) is 0 Å². The highest BCUT2D eigenvalue weighted by atomic mass is 16.5. The van der Waals surface area contributed by atoms with Gasteiger partial charge in [-0.2, -0.15) is 4.98 Å². The quantitative estimate of drug-likeness (QED) is 0.400. The SMILES string of the molecule is CC(=O)c1ccc(NC(=O)N2CCC(Nc3nc(Nc4ccccc4N4CCOCC4)ncc3C)C2)cc1. The lowest BCUT2D eigenvalue weighted by atomic mass is 10.1. The van der Waals surface area contributed by atoms with Crippen molar-refractivity contribution < 1.29 is 14.3 Å². The number of morpholine rings is 1. The fourth-order valence-electron chi connectivity index (χ4n) is 4.67. The molecule has 0 spiro atoms. The van der Waals surface area contributed by atoms with Gasteiger partial charge >= 0.3 is 6.03 Å². The number of ether oxygens (including phenoxy) is 1. The molecular formula is C28H33N7O3. The molecule has 0 aliphatic carbocycles. The second kappa shape index (κ2) is 11.5. The number of benzene rings is 2. The van der Waals surface area contributed by atoms with Gasteiger partial charge in [0.25, 0.3) is 0 Å². The molecule has 3 heterocycles. The third-order valence-electron chi connectivity index (χ3n) is 6.83. The minimum Gasteiger partial charge on any atom is -0.378 e. The lowest BCUT2D eigenvalue weighted by Crippen LogP contribution is -2.36. The zero-order valence-electron chi connectivity index (χ0n) is 21.7. The number of urea groups is 1. The van der Waals surface area contributed by atoms with Crippen LogP contribution in [0.1, 0.15) is 29.3 Å². The summed E-state index contributed by atoms with van der Waals surface area (Å²) in [6.07, 6.45) is 2.61. The number of rotatable bonds is 7. The highest BCUT2D eigenvalue weighted by Gasteiger charge is 2.27. The average Bonchev–Trinajstić information content (AvgIpc) is 3.40. The lowest BCUT2D eigenvalue weighted by molar-refractivity contribution is 0.101. The number of hydrogen-bond acceptors (Lipinski definition) is 8. The van der Waals surface area contributed by atoms with E-state index in [0.717, 1.165) is 42.3 Å². The molecular weight excluding hydrogens is 482 g/mol. The van der Waals surface area contributed by atoms with Crippen molar-refractivity contribution >= 4 is 40.6 Å². The maximum absolute atomic E-state index is 12.8. The summed E-state index contributed by atoms with van der Waals surface area (Å²) in [7, 11) is 0. The van der Waals surface area contributed by atoms with E-state index in [-0.39, 0.29) is 17.9 Å². The maximum Gasteiger partial charge on any atom is 0.321 e. The Hall–Kier alpha value is -4.18. The number of amides is 2. The van der Waals surface area contributed by atoms with E-state index in [1.54, 1.807) is 35.4 Å². The van der Waals surface area contributed by atoms with Gasteiger partial charge in [0.05, 0.1) is 24.6 Å². The number of Topliss-reactive ketones (excluding diaryl/α,β-unsaturated/α-hetero) is 1. The van der Waals surface area contributed by atoms with E-state index >= 15 is 0 Å². The summed E-state index contributed by atoms with van der Waals surface area (Å²) in [6, 6.07) is 15.0. The number of likely N-dealkylation sites (tertiary alicyclic amines) is 1. The summed E-state index contributed by atoms with van der Waals surface area (Å²) in [4.78, 5) is 37.6. The molecule has 3 aromatic rings. The molecule has 0 bridgehead atoms. The van der Waals surface area contributed by atoms with Crippen LogP contribution in [-0.2, 0) is 4.74 Å². The van der Waals surface area contributed by atoms with Crippen molar-refractivity contribution in [1.82, 2.24) is 14.9 Å². The van der Waals surface area contributed by atoms with Crippen LogP contribution in [0.25, 0.3) is 0 Å². The van der Waals surface area contributed by atoms with Crippen LogP contribution in [0.2, 0.25) is 0 Å². The first kappa shape index (κ1) is 25.5. The standard InChI is InChI=1S/C28H33N7O3/c1-19-17-29-27(32-24-5-3-4-6-25(24)34-13-15-38-16-14-34)33-26(19)30-23-11-12-35(18-23)28(37)31-22-9-7-21(8-10-22)20(2)36/h3-10,17,23H,11-16,18H2,1-2H3,(H,31,37)(H2,29,30,32,33). The molecule has 1 aromatic heterocycles. The zero-order valence-corrected chi connectivity index (χ0v) is 21.7. The van der Waals surface area contributed by atoms with E-state index < -0.39 is 0 Å². The van der Waals surface area contributed by atoms with Crippen LogP contribution >= 0.6 is 0 Å². The van der Waals surface area contributed by atoms with Gasteiger partial charge in [0.2, 0.25) is 5.95 Å². The fourth-order valence-corrected chi connectivity index (χ4v) is 4.67. The van der Waals surface area contributed by atoms with Crippen LogP contribution in [0, 0.1) is 6.92 Å². The number of hydrogen-bond donors (Lipinski definition) is 3. The Morgan fingerprint density at radius 3 is 2.55 bits per heavy atom. The molecule has 2 saturated heterocycles. The molecule has 3 N–H and O–H groups in total. The van der Waals surface area contributed by atoms with Crippen molar-refractivity contribution in [2.75, 3.05) is 60.2 Å². The molecule has 5 rings (SSSR count). The average molecular weight is 516 g/mol. The van der Waals surface area contributed by atoms with Gasteiger partial charge < -0.3 is 30.5 Å². The predicted octanol–water partition coefficient (Wildman–Crippen LogP) is 4.29. The molecule has 2 aromatic carbocycles. The predicted molar refractivity (Wildman–Crippen MR) is 149 cm³/mol. The van der Waals surface area contributed by atoms with Crippen molar-refractivity contribution in [3.8, 4) is 0 Å². The van der Waals surface area contributed by atoms with Crippen molar-refractivity contribution in [1.29, 1.82) is 0 Å². The van der Waals surface area contributed by atoms with Crippen molar-refractivity contribution in [2.24, 2.45) is 0 Å². The third kappa shape index (κ3) is 6.03. The maximum atomic E-state index is 12.8. The van der Waals surface area contributed by atoms with Crippen molar-refractivity contribution in [3.63, 3.8) is 0 Å². The van der Waals surface area contributed by atoms with Gasteiger partial charge in [-0.3, -0.25) is 4.79 Å². The number of anilines is 5. The monoisotopic (exact) mass is 515 g/mol.